The first-order valence-corrected chi connectivity index (χ1v) is 3.91. The smallest absolute Gasteiger partial charge is 0.110 e. The Morgan fingerprint density at radius 3 is 2.58 bits per heavy atom. The molecule has 0 radical (unpaired) electrons. The molecule has 0 bridgehead atoms. The Hall–Kier alpha value is -1.29. The van der Waals surface area contributed by atoms with Crippen LogP contribution in [-0.4, -0.2) is 11.5 Å². The number of hydrogen-bond acceptors (Lipinski definition) is 3. The number of azo groups is 1. The van der Waals surface area contributed by atoms with Crippen molar-refractivity contribution in [2.45, 2.75) is 0 Å². The highest BCUT2D eigenvalue weighted by Gasteiger charge is 1.85. The Morgan fingerprint density at radius 2 is 2.00 bits per heavy atom. The van der Waals surface area contributed by atoms with Crippen molar-refractivity contribution in [3.8, 4) is 0 Å². The van der Waals surface area contributed by atoms with E-state index < -0.39 is 0 Å². The van der Waals surface area contributed by atoms with Crippen LogP contribution in [-0.2, 0) is 0 Å². The van der Waals surface area contributed by atoms with E-state index in [1.807, 2.05) is 30.3 Å². The van der Waals surface area contributed by atoms with Crippen LogP contribution >= 0.6 is 12.2 Å². The summed E-state index contributed by atoms with van der Waals surface area (Å²) in [5.74, 6) is 0. The Bertz CT molecular complexity index is 282. The van der Waals surface area contributed by atoms with Crippen LogP contribution < -0.4 is 5.73 Å². The van der Waals surface area contributed by atoms with Crippen LogP contribution in [0, 0.1) is 0 Å². The normalized spacial score (nSPS) is 10.3. The number of benzene rings is 1. The van der Waals surface area contributed by atoms with E-state index in [-0.39, 0.29) is 0 Å². The van der Waals surface area contributed by atoms with Crippen LogP contribution in [0.4, 0.5) is 5.69 Å². The minimum atomic E-state index is 0.310. The van der Waals surface area contributed by atoms with Gasteiger partial charge in [-0.15, -0.1) is 0 Å². The van der Waals surface area contributed by atoms with Crippen LogP contribution in [0.3, 0.4) is 0 Å². The molecule has 0 aliphatic carbocycles. The number of nitrogens with two attached hydrogens (primary N) is 1. The Labute approximate surface area is 76.3 Å². The second-order valence-corrected chi connectivity index (χ2v) is 2.73. The van der Waals surface area contributed by atoms with Crippen LogP contribution in [0.15, 0.2) is 40.6 Å². The number of hydrogen-bond donors (Lipinski definition) is 1. The molecule has 0 atom stereocenters. The van der Waals surface area contributed by atoms with Gasteiger partial charge in [0, 0.05) is 0 Å². The van der Waals surface area contributed by atoms with Crippen molar-refractivity contribution >= 4 is 22.9 Å². The highest BCUT2D eigenvalue weighted by atomic mass is 32.1. The molecule has 1 aromatic rings. The third-order valence-electron chi connectivity index (χ3n) is 1.17. The summed E-state index contributed by atoms with van der Waals surface area (Å²) in [7, 11) is 0. The molecule has 0 aromatic heterocycles. The van der Waals surface area contributed by atoms with Crippen LogP contribution in [0.2, 0.25) is 0 Å². The third kappa shape index (κ3) is 3.21. The molecule has 0 aliphatic heterocycles. The lowest BCUT2D eigenvalue weighted by Gasteiger charge is -1.89. The van der Waals surface area contributed by atoms with Gasteiger partial charge in [0.15, 0.2) is 0 Å². The van der Waals surface area contributed by atoms with Gasteiger partial charge in [0.2, 0.25) is 0 Å². The summed E-state index contributed by atoms with van der Waals surface area (Å²) < 4.78 is 0. The predicted octanol–water partition coefficient (Wildman–Crippen LogP) is 2.06. The monoisotopic (exact) mass is 179 g/mol. The topological polar surface area (TPSA) is 50.7 Å². The molecule has 1 aromatic carbocycles. The SMILES string of the molecule is NC(=S)CN=Nc1ccccc1. The maximum absolute atomic E-state index is 5.23. The highest BCUT2D eigenvalue weighted by Crippen LogP contribution is 2.09. The minimum Gasteiger partial charge on any atom is -0.392 e. The lowest BCUT2D eigenvalue weighted by molar-refractivity contribution is 1.10. The summed E-state index contributed by atoms with van der Waals surface area (Å²) >= 11 is 4.63. The molecule has 4 heteroatoms. The average molecular weight is 179 g/mol. The summed E-state index contributed by atoms with van der Waals surface area (Å²) in [5.41, 5.74) is 6.05. The standard InChI is InChI=1S/C8H9N3S/c9-8(12)6-10-11-7-4-2-1-3-5-7/h1-5H,6H2,(H2,9,12). The molecule has 0 saturated carbocycles. The molecule has 12 heavy (non-hydrogen) atoms. The van der Waals surface area contributed by atoms with Crippen molar-refractivity contribution in [2.75, 3.05) is 6.54 Å². The van der Waals surface area contributed by atoms with Gasteiger partial charge in [-0.05, 0) is 12.1 Å². The fourth-order valence-electron chi connectivity index (χ4n) is 0.681. The van der Waals surface area contributed by atoms with Crippen molar-refractivity contribution in [3.05, 3.63) is 30.3 Å². The predicted molar refractivity (Wildman–Crippen MR) is 52.6 cm³/mol. The first kappa shape index (κ1) is 8.80. The second kappa shape index (κ2) is 4.56. The first-order valence-electron chi connectivity index (χ1n) is 3.50. The van der Waals surface area contributed by atoms with Crippen molar-refractivity contribution in [2.24, 2.45) is 16.0 Å². The van der Waals surface area contributed by atoms with E-state index in [1.165, 1.54) is 0 Å². The largest absolute Gasteiger partial charge is 0.392 e. The highest BCUT2D eigenvalue weighted by molar-refractivity contribution is 7.80. The molecule has 0 saturated heterocycles. The zero-order valence-electron chi connectivity index (χ0n) is 6.47. The van der Waals surface area contributed by atoms with Crippen molar-refractivity contribution in [1.82, 2.24) is 0 Å². The van der Waals surface area contributed by atoms with E-state index in [0.29, 0.717) is 11.5 Å². The minimum absolute atomic E-state index is 0.310. The van der Waals surface area contributed by atoms with E-state index in [4.69, 9.17) is 5.73 Å². The number of nitrogens with zero attached hydrogens (tertiary/aromatic N) is 2. The Balaban J connectivity index is 2.52. The van der Waals surface area contributed by atoms with Gasteiger partial charge >= 0.3 is 0 Å². The number of rotatable bonds is 3. The van der Waals surface area contributed by atoms with Crippen LogP contribution in [0.1, 0.15) is 0 Å². The summed E-state index contributed by atoms with van der Waals surface area (Å²) in [6.07, 6.45) is 0. The van der Waals surface area contributed by atoms with Gasteiger partial charge in [0.05, 0.1) is 10.7 Å². The fraction of sp³-hybridized carbons (Fsp3) is 0.125. The molecule has 1 rings (SSSR count). The third-order valence-corrected chi connectivity index (χ3v) is 1.30. The lowest BCUT2D eigenvalue weighted by atomic mass is 10.3. The first-order chi connectivity index (χ1) is 5.79. The maximum atomic E-state index is 5.23. The van der Waals surface area contributed by atoms with Crippen molar-refractivity contribution in [3.63, 3.8) is 0 Å². The van der Waals surface area contributed by atoms with Gasteiger partial charge < -0.3 is 5.73 Å². The molecular weight excluding hydrogens is 170 g/mol. The summed E-state index contributed by atoms with van der Waals surface area (Å²) in [6, 6.07) is 9.45. The van der Waals surface area contributed by atoms with Gasteiger partial charge in [0.25, 0.3) is 0 Å². The lowest BCUT2D eigenvalue weighted by Crippen LogP contribution is -2.10. The van der Waals surface area contributed by atoms with E-state index in [0.717, 1.165) is 5.69 Å². The number of thiocarbonyl (C=S) groups is 1. The van der Waals surface area contributed by atoms with E-state index in [2.05, 4.69) is 22.4 Å². The van der Waals surface area contributed by atoms with E-state index in [1.54, 1.807) is 0 Å². The Morgan fingerprint density at radius 1 is 1.33 bits per heavy atom. The van der Waals surface area contributed by atoms with Gasteiger partial charge in [0.1, 0.15) is 6.54 Å². The van der Waals surface area contributed by atoms with E-state index in [9.17, 15) is 0 Å². The molecule has 0 heterocycles. The molecule has 2 N–H and O–H groups in total. The van der Waals surface area contributed by atoms with E-state index >= 15 is 0 Å². The zero-order valence-corrected chi connectivity index (χ0v) is 7.29. The van der Waals surface area contributed by atoms with Crippen molar-refractivity contribution in [1.29, 1.82) is 0 Å². The summed E-state index contributed by atoms with van der Waals surface area (Å²) in [6.45, 7) is 0.310. The second-order valence-electron chi connectivity index (χ2n) is 2.20. The zero-order chi connectivity index (χ0) is 8.81. The summed E-state index contributed by atoms with van der Waals surface area (Å²) in [4.78, 5) is 0.356. The molecule has 3 nitrogen and oxygen atoms in total. The van der Waals surface area contributed by atoms with Crippen LogP contribution in [0.5, 0.6) is 0 Å². The van der Waals surface area contributed by atoms with Crippen LogP contribution in [0.25, 0.3) is 0 Å². The molecule has 0 amide bonds. The molecule has 0 unspecified atom stereocenters. The van der Waals surface area contributed by atoms with Gasteiger partial charge in [-0.2, -0.15) is 10.2 Å². The average Bonchev–Trinajstić information content (AvgIpc) is 2.05. The Kier molecular flexibility index (Phi) is 3.35. The van der Waals surface area contributed by atoms with Gasteiger partial charge in [-0.1, -0.05) is 30.4 Å². The van der Waals surface area contributed by atoms with Crippen molar-refractivity contribution < 1.29 is 0 Å². The molecule has 0 spiro atoms. The van der Waals surface area contributed by atoms with Gasteiger partial charge in [-0.3, -0.25) is 0 Å². The molecule has 0 fully saturated rings. The maximum Gasteiger partial charge on any atom is 0.110 e. The molecule has 0 aliphatic rings. The molecular formula is C8H9N3S. The summed E-state index contributed by atoms with van der Waals surface area (Å²) in [5, 5.41) is 7.70. The van der Waals surface area contributed by atoms with Gasteiger partial charge in [-0.25, -0.2) is 0 Å². The fourth-order valence-corrected chi connectivity index (χ4v) is 0.739. The quantitative estimate of drug-likeness (QED) is 0.570. The molecule has 62 valence electrons.